The topological polar surface area (TPSA) is 101 Å². The van der Waals surface area contributed by atoms with E-state index in [1.165, 1.54) is 0 Å². The summed E-state index contributed by atoms with van der Waals surface area (Å²) in [6.45, 7) is 2.03. The van der Waals surface area contributed by atoms with Crippen molar-refractivity contribution in [3.8, 4) is 11.3 Å². The van der Waals surface area contributed by atoms with E-state index in [2.05, 4.69) is 31.0 Å². The van der Waals surface area contributed by atoms with E-state index in [0.717, 1.165) is 22.3 Å². The number of anilines is 2. The maximum Gasteiger partial charge on any atom is 0.288 e. The summed E-state index contributed by atoms with van der Waals surface area (Å²) in [6.07, 6.45) is 0. The van der Waals surface area contributed by atoms with Crippen LogP contribution < -0.4 is 10.9 Å². The summed E-state index contributed by atoms with van der Waals surface area (Å²) < 4.78 is 1.68. The van der Waals surface area contributed by atoms with Crippen LogP contribution in [0.2, 0.25) is 0 Å². The van der Waals surface area contributed by atoms with E-state index in [9.17, 15) is 4.79 Å². The van der Waals surface area contributed by atoms with Crippen LogP contribution in [0, 0.1) is 6.92 Å². The molecule has 132 valence electrons. The van der Waals surface area contributed by atoms with Gasteiger partial charge < -0.3 is 5.32 Å². The molecule has 2 aromatic heterocycles. The van der Waals surface area contributed by atoms with Gasteiger partial charge in [-0.2, -0.15) is 9.78 Å². The number of hydrogen-bond donors (Lipinski definition) is 2. The molecule has 1 atom stereocenters. The van der Waals surface area contributed by atoms with Crippen LogP contribution in [0.4, 0.5) is 11.6 Å². The van der Waals surface area contributed by atoms with E-state index in [1.54, 1.807) is 4.68 Å². The van der Waals surface area contributed by atoms with Crippen LogP contribution in [0.1, 0.15) is 22.7 Å². The van der Waals surface area contributed by atoms with Crippen LogP contribution in [0.3, 0.4) is 0 Å². The Kier molecular flexibility index (Phi) is 3.36. The summed E-state index contributed by atoms with van der Waals surface area (Å²) in [4.78, 5) is 12.6. The monoisotopic (exact) mass is 357 g/mol. The first kappa shape index (κ1) is 15.4. The number of tetrazole rings is 1. The lowest BCUT2D eigenvalue weighted by Gasteiger charge is -2.27. The second-order valence-corrected chi connectivity index (χ2v) is 6.44. The molecule has 5 rings (SSSR count). The summed E-state index contributed by atoms with van der Waals surface area (Å²) in [5.41, 5.74) is 4.56. The highest BCUT2D eigenvalue weighted by Gasteiger charge is 2.34. The molecular weight excluding hydrogens is 342 g/mol. The van der Waals surface area contributed by atoms with Gasteiger partial charge in [-0.15, -0.1) is 0 Å². The third-order valence-electron chi connectivity index (χ3n) is 4.71. The van der Waals surface area contributed by atoms with Gasteiger partial charge in [0.25, 0.3) is 5.56 Å². The molecular formula is C19H15N7O. The Hall–Kier alpha value is -3.81. The SMILES string of the molecule is Cc1ccc(-c2n[nH]c(=O)c3c2C(c2ccccc2)n2nnnc2N3)cc1. The average molecular weight is 357 g/mol. The number of nitrogens with one attached hydrogen (secondary N) is 2. The van der Waals surface area contributed by atoms with Crippen molar-refractivity contribution in [2.45, 2.75) is 13.0 Å². The van der Waals surface area contributed by atoms with Gasteiger partial charge in [-0.1, -0.05) is 65.3 Å². The van der Waals surface area contributed by atoms with Crippen molar-refractivity contribution in [2.75, 3.05) is 5.32 Å². The average Bonchev–Trinajstić information content (AvgIpc) is 3.17. The smallest absolute Gasteiger partial charge is 0.288 e. The molecule has 0 fully saturated rings. The van der Waals surface area contributed by atoms with Gasteiger partial charge in [0.15, 0.2) is 0 Å². The van der Waals surface area contributed by atoms with Crippen molar-refractivity contribution in [1.29, 1.82) is 0 Å². The van der Waals surface area contributed by atoms with E-state index < -0.39 is 0 Å². The zero-order chi connectivity index (χ0) is 18.4. The molecule has 1 aliphatic heterocycles. The predicted octanol–water partition coefficient (Wildman–Crippen LogP) is 2.43. The third kappa shape index (κ3) is 2.42. The van der Waals surface area contributed by atoms with Crippen LogP contribution in [0.25, 0.3) is 11.3 Å². The largest absolute Gasteiger partial charge is 0.318 e. The molecule has 27 heavy (non-hydrogen) atoms. The van der Waals surface area contributed by atoms with Gasteiger partial charge in [0.05, 0.1) is 5.69 Å². The lowest BCUT2D eigenvalue weighted by atomic mass is 9.92. The number of benzene rings is 2. The zero-order valence-corrected chi connectivity index (χ0v) is 14.4. The van der Waals surface area contributed by atoms with Gasteiger partial charge in [-0.05, 0) is 22.9 Å². The van der Waals surface area contributed by atoms with E-state index in [1.807, 2.05) is 61.5 Å². The zero-order valence-electron chi connectivity index (χ0n) is 14.4. The standard InChI is InChI=1S/C19H15N7O/c1-11-7-9-12(10-8-11)15-14-16(18(27)22-21-15)20-19-23-24-25-26(19)17(14)13-5-3-2-4-6-13/h2-10,17H,1H3,(H,22,27)(H,20,23,25). The minimum Gasteiger partial charge on any atom is -0.318 e. The third-order valence-corrected chi connectivity index (χ3v) is 4.71. The minimum absolute atomic E-state index is 0.309. The number of nitrogens with zero attached hydrogens (tertiary/aromatic N) is 5. The molecule has 1 aliphatic rings. The molecule has 1 unspecified atom stereocenters. The molecule has 0 saturated heterocycles. The summed E-state index contributed by atoms with van der Waals surface area (Å²) in [5.74, 6) is 0.419. The first-order chi connectivity index (χ1) is 13.2. The van der Waals surface area contributed by atoms with Gasteiger partial charge >= 0.3 is 0 Å². The first-order valence-corrected chi connectivity index (χ1v) is 8.52. The van der Waals surface area contributed by atoms with Crippen molar-refractivity contribution in [2.24, 2.45) is 0 Å². The number of H-pyrrole nitrogens is 1. The quantitative estimate of drug-likeness (QED) is 0.503. The molecule has 8 heteroatoms. The first-order valence-electron chi connectivity index (χ1n) is 8.52. The summed E-state index contributed by atoms with van der Waals surface area (Å²) >= 11 is 0. The fourth-order valence-corrected chi connectivity index (χ4v) is 3.41. The Labute approximate surface area is 153 Å². The lowest BCUT2D eigenvalue weighted by Crippen LogP contribution is -2.29. The molecule has 0 bridgehead atoms. The molecule has 3 heterocycles. The molecule has 2 N–H and O–H groups in total. The van der Waals surface area contributed by atoms with E-state index in [4.69, 9.17) is 0 Å². The van der Waals surface area contributed by atoms with Crippen LogP contribution in [0.15, 0.2) is 59.4 Å². The van der Waals surface area contributed by atoms with Gasteiger partial charge in [-0.3, -0.25) is 4.79 Å². The second-order valence-electron chi connectivity index (χ2n) is 6.44. The van der Waals surface area contributed by atoms with E-state index >= 15 is 0 Å². The predicted molar refractivity (Wildman–Crippen MR) is 99.8 cm³/mol. The maximum atomic E-state index is 12.6. The lowest BCUT2D eigenvalue weighted by molar-refractivity contribution is 0.567. The molecule has 0 amide bonds. The van der Waals surface area contributed by atoms with Gasteiger partial charge in [0.1, 0.15) is 11.7 Å². The molecule has 2 aromatic carbocycles. The van der Waals surface area contributed by atoms with Crippen molar-refractivity contribution < 1.29 is 0 Å². The summed E-state index contributed by atoms with van der Waals surface area (Å²) in [5, 5.41) is 21.9. The molecule has 0 spiro atoms. The molecule has 0 saturated carbocycles. The van der Waals surface area contributed by atoms with Crippen molar-refractivity contribution in [3.63, 3.8) is 0 Å². The Balaban J connectivity index is 1.82. The number of aromatic amines is 1. The summed E-state index contributed by atoms with van der Waals surface area (Å²) in [6, 6.07) is 17.5. The Morgan fingerprint density at radius 3 is 2.59 bits per heavy atom. The fraction of sp³-hybridized carbons (Fsp3) is 0.105. The number of hydrogen-bond acceptors (Lipinski definition) is 6. The molecule has 0 radical (unpaired) electrons. The Morgan fingerprint density at radius 1 is 1.04 bits per heavy atom. The molecule has 4 aromatic rings. The normalized spacial score (nSPS) is 14.9. The molecule has 8 nitrogen and oxygen atoms in total. The highest BCUT2D eigenvalue weighted by atomic mass is 16.1. The van der Waals surface area contributed by atoms with E-state index in [0.29, 0.717) is 17.3 Å². The Morgan fingerprint density at radius 2 is 1.81 bits per heavy atom. The van der Waals surface area contributed by atoms with Crippen LogP contribution in [0.5, 0.6) is 0 Å². The second kappa shape index (κ2) is 5.87. The maximum absolute atomic E-state index is 12.6. The summed E-state index contributed by atoms with van der Waals surface area (Å²) in [7, 11) is 0. The van der Waals surface area contributed by atoms with E-state index in [-0.39, 0.29) is 11.6 Å². The number of rotatable bonds is 2. The number of aromatic nitrogens is 6. The minimum atomic E-state index is -0.362. The number of aryl methyl sites for hydroxylation is 1. The van der Waals surface area contributed by atoms with Gasteiger partial charge in [0, 0.05) is 11.1 Å². The van der Waals surface area contributed by atoms with Crippen LogP contribution in [-0.2, 0) is 0 Å². The van der Waals surface area contributed by atoms with Crippen molar-refractivity contribution in [1.82, 2.24) is 30.4 Å². The molecule has 0 aliphatic carbocycles. The number of fused-ring (bicyclic) bond motifs is 2. The highest BCUT2D eigenvalue weighted by molar-refractivity contribution is 5.75. The highest BCUT2D eigenvalue weighted by Crippen LogP contribution is 2.40. The van der Waals surface area contributed by atoms with Crippen molar-refractivity contribution >= 4 is 11.6 Å². The van der Waals surface area contributed by atoms with Crippen LogP contribution >= 0.6 is 0 Å². The van der Waals surface area contributed by atoms with Gasteiger partial charge in [0.2, 0.25) is 5.95 Å². The van der Waals surface area contributed by atoms with Crippen molar-refractivity contribution in [3.05, 3.63) is 81.6 Å². The fourth-order valence-electron chi connectivity index (χ4n) is 3.41. The Bertz CT molecular complexity index is 1180. The van der Waals surface area contributed by atoms with Crippen LogP contribution in [-0.4, -0.2) is 30.4 Å². The van der Waals surface area contributed by atoms with Gasteiger partial charge in [-0.25, -0.2) is 5.10 Å².